The minimum atomic E-state index is -0.367. The van der Waals surface area contributed by atoms with Crippen molar-refractivity contribution < 1.29 is 9.66 Å². The van der Waals surface area contributed by atoms with Gasteiger partial charge in [0.15, 0.2) is 0 Å². The van der Waals surface area contributed by atoms with E-state index in [4.69, 9.17) is 4.74 Å². The van der Waals surface area contributed by atoms with E-state index in [0.29, 0.717) is 18.8 Å². The van der Waals surface area contributed by atoms with Gasteiger partial charge in [0.25, 0.3) is 5.69 Å². The van der Waals surface area contributed by atoms with Crippen LogP contribution in [0, 0.1) is 10.1 Å². The molecule has 88 valence electrons. The molecule has 1 rings (SSSR count). The molecular formula is C11H16N2O3. The number of anilines is 1. The monoisotopic (exact) mass is 224 g/mol. The smallest absolute Gasteiger partial charge is 0.292 e. The molecule has 0 unspecified atom stereocenters. The van der Waals surface area contributed by atoms with Gasteiger partial charge >= 0.3 is 0 Å². The summed E-state index contributed by atoms with van der Waals surface area (Å²) in [6.45, 7) is 3.05. The van der Waals surface area contributed by atoms with E-state index in [9.17, 15) is 10.1 Å². The van der Waals surface area contributed by atoms with Crippen LogP contribution in [0.2, 0.25) is 0 Å². The van der Waals surface area contributed by atoms with Crippen LogP contribution < -0.4 is 5.32 Å². The first-order valence-corrected chi connectivity index (χ1v) is 5.19. The standard InChI is InChI=1S/C11H16N2O3/c1-3-9-4-5-10(12-6-7-16-2)11(8-9)13(14)15/h4-5,8,12H,3,6-7H2,1-2H3. The third-order valence-electron chi connectivity index (χ3n) is 2.29. The van der Waals surface area contributed by atoms with Crippen molar-refractivity contribution in [3.8, 4) is 0 Å². The lowest BCUT2D eigenvalue weighted by Crippen LogP contribution is -2.09. The van der Waals surface area contributed by atoms with Gasteiger partial charge in [-0.1, -0.05) is 13.0 Å². The van der Waals surface area contributed by atoms with Crippen molar-refractivity contribution >= 4 is 11.4 Å². The van der Waals surface area contributed by atoms with Crippen molar-refractivity contribution in [2.75, 3.05) is 25.6 Å². The molecule has 5 nitrogen and oxygen atoms in total. The van der Waals surface area contributed by atoms with Crippen LogP contribution in [0.4, 0.5) is 11.4 Å². The highest BCUT2D eigenvalue weighted by Crippen LogP contribution is 2.25. The van der Waals surface area contributed by atoms with E-state index in [1.54, 1.807) is 19.2 Å². The zero-order valence-electron chi connectivity index (χ0n) is 9.53. The lowest BCUT2D eigenvalue weighted by atomic mass is 10.1. The van der Waals surface area contributed by atoms with Crippen LogP contribution in [-0.4, -0.2) is 25.2 Å². The van der Waals surface area contributed by atoms with Crippen LogP contribution in [0.1, 0.15) is 12.5 Å². The molecule has 16 heavy (non-hydrogen) atoms. The van der Waals surface area contributed by atoms with E-state index >= 15 is 0 Å². The normalized spacial score (nSPS) is 10.1. The van der Waals surface area contributed by atoms with Crippen LogP contribution >= 0.6 is 0 Å². The number of benzene rings is 1. The molecule has 5 heteroatoms. The van der Waals surface area contributed by atoms with Crippen LogP contribution in [0.3, 0.4) is 0 Å². The number of methoxy groups -OCH3 is 1. The molecule has 0 saturated carbocycles. The minimum Gasteiger partial charge on any atom is -0.383 e. The van der Waals surface area contributed by atoms with Crippen molar-refractivity contribution in [2.45, 2.75) is 13.3 Å². The topological polar surface area (TPSA) is 64.4 Å². The molecule has 0 bridgehead atoms. The van der Waals surface area contributed by atoms with E-state index in [0.717, 1.165) is 12.0 Å². The Hall–Kier alpha value is -1.62. The molecule has 0 heterocycles. The van der Waals surface area contributed by atoms with Crippen LogP contribution in [-0.2, 0) is 11.2 Å². The number of nitrogens with one attached hydrogen (secondary N) is 1. The molecule has 0 saturated heterocycles. The van der Waals surface area contributed by atoms with Gasteiger partial charge in [-0.3, -0.25) is 10.1 Å². The quantitative estimate of drug-likeness (QED) is 0.457. The highest BCUT2D eigenvalue weighted by molar-refractivity contribution is 5.62. The van der Waals surface area contributed by atoms with Crippen molar-refractivity contribution in [3.63, 3.8) is 0 Å². The number of aryl methyl sites for hydroxylation is 1. The van der Waals surface area contributed by atoms with Crippen molar-refractivity contribution in [3.05, 3.63) is 33.9 Å². The Labute approximate surface area is 94.6 Å². The van der Waals surface area contributed by atoms with Crippen LogP contribution in [0.15, 0.2) is 18.2 Å². The molecule has 0 atom stereocenters. The average molecular weight is 224 g/mol. The molecule has 0 radical (unpaired) electrons. The number of nitro groups is 1. The Morgan fingerprint density at radius 2 is 2.25 bits per heavy atom. The van der Waals surface area contributed by atoms with Gasteiger partial charge in [0.2, 0.25) is 0 Å². The summed E-state index contributed by atoms with van der Waals surface area (Å²) in [5.41, 5.74) is 1.62. The minimum absolute atomic E-state index is 0.121. The summed E-state index contributed by atoms with van der Waals surface area (Å²) in [6.07, 6.45) is 0.791. The number of nitro benzene ring substituents is 1. The third-order valence-corrected chi connectivity index (χ3v) is 2.29. The number of hydrogen-bond acceptors (Lipinski definition) is 4. The molecule has 0 amide bonds. The zero-order chi connectivity index (χ0) is 12.0. The maximum absolute atomic E-state index is 10.9. The molecule has 0 spiro atoms. The van der Waals surface area contributed by atoms with E-state index < -0.39 is 0 Å². The van der Waals surface area contributed by atoms with Crippen molar-refractivity contribution in [2.24, 2.45) is 0 Å². The fourth-order valence-electron chi connectivity index (χ4n) is 1.39. The predicted octanol–water partition coefficient (Wildman–Crippen LogP) is 2.22. The largest absolute Gasteiger partial charge is 0.383 e. The molecule has 0 aliphatic heterocycles. The number of nitrogens with zero attached hydrogens (tertiary/aromatic N) is 1. The first kappa shape index (κ1) is 12.4. The number of rotatable bonds is 6. The summed E-state index contributed by atoms with van der Waals surface area (Å²) >= 11 is 0. The Morgan fingerprint density at radius 1 is 1.50 bits per heavy atom. The molecule has 1 N–H and O–H groups in total. The zero-order valence-corrected chi connectivity index (χ0v) is 9.53. The predicted molar refractivity (Wildman–Crippen MR) is 62.8 cm³/mol. The summed E-state index contributed by atoms with van der Waals surface area (Å²) in [7, 11) is 1.59. The van der Waals surface area contributed by atoms with Gasteiger partial charge in [-0.15, -0.1) is 0 Å². The summed E-state index contributed by atoms with van der Waals surface area (Å²) in [4.78, 5) is 10.5. The summed E-state index contributed by atoms with van der Waals surface area (Å²) in [6, 6.07) is 5.24. The fraction of sp³-hybridized carbons (Fsp3) is 0.455. The first-order chi connectivity index (χ1) is 7.69. The van der Waals surface area contributed by atoms with Crippen LogP contribution in [0.25, 0.3) is 0 Å². The molecule has 1 aromatic rings. The first-order valence-electron chi connectivity index (χ1n) is 5.19. The van der Waals surface area contributed by atoms with Gasteiger partial charge in [0.1, 0.15) is 5.69 Å². The number of ether oxygens (including phenoxy) is 1. The summed E-state index contributed by atoms with van der Waals surface area (Å²) in [5, 5.41) is 13.8. The van der Waals surface area contributed by atoms with Gasteiger partial charge in [0, 0.05) is 19.7 Å². The maximum atomic E-state index is 10.9. The second kappa shape index (κ2) is 6.07. The Bertz CT molecular complexity index is 366. The highest BCUT2D eigenvalue weighted by Gasteiger charge is 2.13. The summed E-state index contributed by atoms with van der Waals surface area (Å²) in [5.74, 6) is 0. The van der Waals surface area contributed by atoms with E-state index in [-0.39, 0.29) is 10.6 Å². The lowest BCUT2D eigenvalue weighted by Gasteiger charge is -2.07. The van der Waals surface area contributed by atoms with E-state index in [2.05, 4.69) is 5.32 Å². The average Bonchev–Trinajstić information content (AvgIpc) is 2.29. The van der Waals surface area contributed by atoms with E-state index in [1.807, 2.05) is 13.0 Å². The summed E-state index contributed by atoms with van der Waals surface area (Å²) < 4.78 is 4.88. The Balaban J connectivity index is 2.85. The lowest BCUT2D eigenvalue weighted by molar-refractivity contribution is -0.384. The van der Waals surface area contributed by atoms with Gasteiger partial charge in [-0.25, -0.2) is 0 Å². The molecule has 0 aliphatic rings. The Morgan fingerprint density at radius 3 is 2.81 bits per heavy atom. The molecule has 0 aliphatic carbocycles. The maximum Gasteiger partial charge on any atom is 0.292 e. The number of hydrogen-bond donors (Lipinski definition) is 1. The molecular weight excluding hydrogens is 208 g/mol. The molecule has 0 fully saturated rings. The van der Waals surface area contributed by atoms with Gasteiger partial charge < -0.3 is 10.1 Å². The third kappa shape index (κ3) is 3.20. The molecule has 1 aromatic carbocycles. The Kier molecular flexibility index (Phi) is 4.72. The van der Waals surface area contributed by atoms with Gasteiger partial charge in [-0.2, -0.15) is 0 Å². The fourth-order valence-corrected chi connectivity index (χ4v) is 1.39. The van der Waals surface area contributed by atoms with Crippen LogP contribution in [0.5, 0.6) is 0 Å². The highest BCUT2D eigenvalue weighted by atomic mass is 16.6. The van der Waals surface area contributed by atoms with Crippen molar-refractivity contribution in [1.29, 1.82) is 0 Å². The second-order valence-electron chi connectivity index (χ2n) is 3.38. The van der Waals surface area contributed by atoms with Gasteiger partial charge in [-0.05, 0) is 18.1 Å². The van der Waals surface area contributed by atoms with Crippen molar-refractivity contribution in [1.82, 2.24) is 0 Å². The second-order valence-corrected chi connectivity index (χ2v) is 3.38. The molecule has 0 aromatic heterocycles. The SMILES string of the molecule is CCc1ccc(NCCOC)c([N+](=O)[O-])c1. The van der Waals surface area contributed by atoms with E-state index in [1.165, 1.54) is 0 Å². The van der Waals surface area contributed by atoms with Gasteiger partial charge in [0.05, 0.1) is 11.5 Å².